The number of halogens is 3. The molecule has 0 radical (unpaired) electrons. The van der Waals surface area contributed by atoms with Gasteiger partial charge >= 0.3 is 12.2 Å². The van der Waals surface area contributed by atoms with Crippen molar-refractivity contribution in [3.8, 4) is 0 Å². The summed E-state index contributed by atoms with van der Waals surface area (Å²) in [6.45, 7) is 0.329. The van der Waals surface area contributed by atoms with E-state index in [4.69, 9.17) is 5.73 Å². The first kappa shape index (κ1) is 20.7. The molecule has 3 amide bonds. The highest BCUT2D eigenvalue weighted by molar-refractivity contribution is 5.99. The number of rotatable bonds is 6. The number of aromatic nitrogens is 2. The van der Waals surface area contributed by atoms with Crippen LogP contribution in [-0.2, 0) is 12.7 Å². The number of anilines is 3. The van der Waals surface area contributed by atoms with E-state index in [2.05, 4.69) is 26.1 Å². The molecule has 0 bridgehead atoms. The molecule has 0 fully saturated rings. The molecule has 0 aliphatic carbocycles. The quantitative estimate of drug-likeness (QED) is 0.418. The number of carbonyl (C=O) groups is 2. The van der Waals surface area contributed by atoms with Crippen molar-refractivity contribution in [2.45, 2.75) is 12.7 Å². The van der Waals surface area contributed by atoms with E-state index in [1.807, 2.05) is 0 Å². The number of hydrogen-bond acceptors (Lipinski definition) is 4. The first-order chi connectivity index (χ1) is 14.2. The second kappa shape index (κ2) is 8.55. The second-order valence-corrected chi connectivity index (χ2v) is 6.22. The van der Waals surface area contributed by atoms with Crippen LogP contribution in [-0.4, -0.2) is 22.1 Å². The molecule has 0 atom stereocenters. The van der Waals surface area contributed by atoms with E-state index in [-0.39, 0.29) is 11.4 Å². The Morgan fingerprint density at radius 1 is 1.03 bits per heavy atom. The summed E-state index contributed by atoms with van der Waals surface area (Å²) in [5.74, 6) is -0.672. The summed E-state index contributed by atoms with van der Waals surface area (Å²) in [6.07, 6.45) is -2.94. The Morgan fingerprint density at radius 2 is 1.73 bits per heavy atom. The Kier molecular flexibility index (Phi) is 5.90. The number of amides is 3. The van der Waals surface area contributed by atoms with Gasteiger partial charge in [-0.1, -0.05) is 12.1 Å². The lowest BCUT2D eigenvalue weighted by atomic mass is 10.2. The summed E-state index contributed by atoms with van der Waals surface area (Å²) in [5.41, 5.74) is 6.44. The van der Waals surface area contributed by atoms with Crippen LogP contribution >= 0.6 is 0 Å². The van der Waals surface area contributed by atoms with Gasteiger partial charge in [0, 0.05) is 24.1 Å². The van der Waals surface area contributed by atoms with Crippen LogP contribution in [0, 0.1) is 0 Å². The number of nitrogens with one attached hydrogen (secondary N) is 4. The second-order valence-electron chi connectivity index (χ2n) is 6.22. The molecule has 1 heterocycles. The summed E-state index contributed by atoms with van der Waals surface area (Å²) < 4.78 is 37.8. The van der Waals surface area contributed by atoms with Gasteiger partial charge in [0.2, 0.25) is 0 Å². The number of nitrogens with two attached hydrogens (primary N) is 1. The zero-order valence-corrected chi connectivity index (χ0v) is 15.4. The number of benzene rings is 2. The first-order valence-electron chi connectivity index (χ1n) is 8.64. The zero-order valence-electron chi connectivity index (χ0n) is 15.4. The van der Waals surface area contributed by atoms with E-state index >= 15 is 0 Å². The van der Waals surface area contributed by atoms with Crippen molar-refractivity contribution in [1.82, 2.24) is 10.2 Å². The van der Waals surface area contributed by atoms with Crippen LogP contribution in [0.2, 0.25) is 0 Å². The Balaban J connectivity index is 1.58. The predicted molar refractivity (Wildman–Crippen MR) is 105 cm³/mol. The highest BCUT2D eigenvalue weighted by Gasteiger charge is 2.29. The molecule has 30 heavy (non-hydrogen) atoms. The first-order valence-corrected chi connectivity index (χ1v) is 8.64. The summed E-state index contributed by atoms with van der Waals surface area (Å²) in [6, 6.07) is 10.4. The summed E-state index contributed by atoms with van der Waals surface area (Å²) >= 11 is 0. The fourth-order valence-corrected chi connectivity index (χ4v) is 2.60. The van der Waals surface area contributed by atoms with Crippen LogP contribution in [0.15, 0.2) is 54.7 Å². The van der Waals surface area contributed by atoms with E-state index in [9.17, 15) is 22.8 Å². The topological polar surface area (TPSA) is 125 Å². The third-order valence-corrected chi connectivity index (χ3v) is 4.01. The van der Waals surface area contributed by atoms with Crippen LogP contribution in [0.4, 0.5) is 35.0 Å². The fraction of sp³-hybridized carbons (Fsp3) is 0.105. The molecule has 0 saturated carbocycles. The van der Waals surface area contributed by atoms with Gasteiger partial charge in [0.05, 0.1) is 11.3 Å². The summed E-state index contributed by atoms with van der Waals surface area (Å²) in [7, 11) is 0. The van der Waals surface area contributed by atoms with E-state index in [0.29, 0.717) is 17.9 Å². The zero-order chi connectivity index (χ0) is 21.7. The number of hydrogen-bond donors (Lipinski definition) is 5. The number of alkyl halides is 3. The molecule has 0 saturated heterocycles. The van der Waals surface area contributed by atoms with Crippen LogP contribution in [0.5, 0.6) is 0 Å². The number of aromatic amines is 1. The van der Waals surface area contributed by atoms with Gasteiger partial charge in [-0.25, -0.2) is 4.79 Å². The van der Waals surface area contributed by atoms with E-state index in [1.165, 1.54) is 18.3 Å². The SMILES string of the molecule is NC(=O)c1n[nH]cc1NCc1cccc(NC(=O)Nc2ccc(C(F)(F)F)cc2)c1. The molecular formula is C19H17F3N6O2. The van der Waals surface area contributed by atoms with Crippen molar-refractivity contribution < 1.29 is 22.8 Å². The minimum Gasteiger partial charge on any atom is -0.378 e. The monoisotopic (exact) mass is 418 g/mol. The maximum absolute atomic E-state index is 12.6. The molecule has 3 rings (SSSR count). The normalized spacial score (nSPS) is 11.0. The van der Waals surface area contributed by atoms with Gasteiger partial charge in [-0.3, -0.25) is 9.89 Å². The molecule has 3 aromatic rings. The number of urea groups is 1. The number of H-pyrrole nitrogens is 1. The van der Waals surface area contributed by atoms with Crippen LogP contribution < -0.4 is 21.7 Å². The van der Waals surface area contributed by atoms with E-state index in [0.717, 1.165) is 17.7 Å². The molecule has 0 unspecified atom stereocenters. The maximum atomic E-state index is 12.6. The van der Waals surface area contributed by atoms with Crippen LogP contribution in [0.3, 0.4) is 0 Å². The minimum atomic E-state index is -4.44. The minimum absolute atomic E-state index is 0.0835. The molecule has 0 spiro atoms. The standard InChI is InChI=1S/C19H17F3N6O2/c20-19(21,22)12-4-6-13(7-5-12)26-18(30)27-14-3-1-2-11(8-14)9-24-15-10-25-28-16(15)17(23)29/h1-8,10,24H,9H2,(H2,23,29)(H,25,28)(H2,26,27,30). The van der Waals surface area contributed by atoms with Gasteiger partial charge in [-0.2, -0.15) is 18.3 Å². The highest BCUT2D eigenvalue weighted by Crippen LogP contribution is 2.29. The molecule has 8 nitrogen and oxygen atoms in total. The van der Waals surface area contributed by atoms with E-state index in [1.54, 1.807) is 24.3 Å². The van der Waals surface area contributed by atoms with Crippen molar-refractivity contribution in [1.29, 1.82) is 0 Å². The van der Waals surface area contributed by atoms with Gasteiger partial charge in [-0.05, 0) is 42.0 Å². The van der Waals surface area contributed by atoms with Crippen molar-refractivity contribution in [2.24, 2.45) is 5.73 Å². The molecule has 0 aliphatic heterocycles. The van der Waals surface area contributed by atoms with Gasteiger partial charge in [-0.15, -0.1) is 0 Å². The lowest BCUT2D eigenvalue weighted by Crippen LogP contribution is -2.19. The van der Waals surface area contributed by atoms with Crippen molar-refractivity contribution in [2.75, 3.05) is 16.0 Å². The van der Waals surface area contributed by atoms with Gasteiger partial charge in [0.1, 0.15) is 0 Å². The van der Waals surface area contributed by atoms with Crippen molar-refractivity contribution >= 4 is 29.0 Å². The average Bonchev–Trinajstić information content (AvgIpc) is 3.15. The Bertz CT molecular complexity index is 1050. The molecule has 11 heteroatoms. The summed E-state index contributed by atoms with van der Waals surface area (Å²) in [4.78, 5) is 23.4. The van der Waals surface area contributed by atoms with E-state index < -0.39 is 23.7 Å². The maximum Gasteiger partial charge on any atom is 0.416 e. The Hall–Kier alpha value is -4.02. The Labute approximate surface area is 168 Å². The van der Waals surface area contributed by atoms with Crippen molar-refractivity contribution in [3.05, 3.63) is 71.5 Å². The average molecular weight is 418 g/mol. The number of carbonyl (C=O) groups excluding carboxylic acids is 2. The largest absolute Gasteiger partial charge is 0.416 e. The number of nitrogens with zero attached hydrogens (tertiary/aromatic N) is 1. The fourth-order valence-electron chi connectivity index (χ4n) is 2.60. The molecule has 6 N–H and O–H groups in total. The molecule has 2 aromatic carbocycles. The highest BCUT2D eigenvalue weighted by atomic mass is 19.4. The van der Waals surface area contributed by atoms with Gasteiger partial charge < -0.3 is 21.7 Å². The molecule has 0 aliphatic rings. The van der Waals surface area contributed by atoms with Gasteiger partial charge in [0.15, 0.2) is 5.69 Å². The lowest BCUT2D eigenvalue weighted by Gasteiger charge is -2.11. The van der Waals surface area contributed by atoms with Crippen LogP contribution in [0.25, 0.3) is 0 Å². The summed E-state index contributed by atoms with van der Waals surface area (Å²) in [5, 5.41) is 14.4. The molecule has 1 aromatic heterocycles. The molecule has 156 valence electrons. The predicted octanol–water partition coefficient (Wildman–Crippen LogP) is 3.78. The lowest BCUT2D eigenvalue weighted by molar-refractivity contribution is -0.137. The third kappa shape index (κ3) is 5.28. The molecular weight excluding hydrogens is 401 g/mol. The van der Waals surface area contributed by atoms with Crippen LogP contribution in [0.1, 0.15) is 21.6 Å². The Morgan fingerprint density at radius 3 is 2.40 bits per heavy atom. The smallest absolute Gasteiger partial charge is 0.378 e. The van der Waals surface area contributed by atoms with Gasteiger partial charge in [0.25, 0.3) is 5.91 Å². The number of primary amides is 1. The van der Waals surface area contributed by atoms with Crippen molar-refractivity contribution in [3.63, 3.8) is 0 Å². The third-order valence-electron chi connectivity index (χ3n) is 4.01.